The summed E-state index contributed by atoms with van der Waals surface area (Å²) < 4.78 is 5.31. The second-order valence-electron chi connectivity index (χ2n) is 6.21. The summed E-state index contributed by atoms with van der Waals surface area (Å²) in [5, 5.41) is 0. The number of carbonyl (C=O) groups is 1. The molecule has 0 aromatic heterocycles. The number of nitrogens with two attached hydrogens (primary N) is 1. The fraction of sp³-hybridized carbons (Fsp3) is 0.929. The van der Waals surface area contributed by atoms with Crippen molar-refractivity contribution in [2.75, 3.05) is 0 Å². The van der Waals surface area contributed by atoms with E-state index in [1.54, 1.807) is 0 Å². The van der Waals surface area contributed by atoms with E-state index in [1.807, 2.05) is 20.8 Å². The largest absolute Gasteiger partial charge is 0.460 e. The van der Waals surface area contributed by atoms with Crippen LogP contribution in [0.4, 0.5) is 0 Å². The summed E-state index contributed by atoms with van der Waals surface area (Å²) in [5.41, 5.74) is 5.73. The Morgan fingerprint density at radius 1 is 1.24 bits per heavy atom. The van der Waals surface area contributed by atoms with Crippen molar-refractivity contribution in [3.05, 3.63) is 0 Å². The standard InChI is InChI=1S/C14H27NO2/c1-14(2,3)17-13(16)10-12(15)11-8-6-4-5-7-9-11/h11-12H,4-10,15H2,1-3H3/t12-/m0/s1. The lowest BCUT2D eigenvalue weighted by molar-refractivity contribution is -0.155. The molecule has 0 radical (unpaired) electrons. The summed E-state index contributed by atoms with van der Waals surface area (Å²) in [5.74, 6) is 0.347. The van der Waals surface area contributed by atoms with E-state index in [2.05, 4.69) is 0 Å². The van der Waals surface area contributed by atoms with Crippen LogP contribution in [0, 0.1) is 5.92 Å². The molecule has 1 saturated carbocycles. The smallest absolute Gasteiger partial charge is 0.307 e. The minimum Gasteiger partial charge on any atom is -0.460 e. The molecule has 0 spiro atoms. The number of hydrogen-bond acceptors (Lipinski definition) is 3. The van der Waals surface area contributed by atoms with Crippen LogP contribution < -0.4 is 5.73 Å². The van der Waals surface area contributed by atoms with Crippen molar-refractivity contribution in [2.45, 2.75) is 77.4 Å². The van der Waals surface area contributed by atoms with E-state index >= 15 is 0 Å². The normalized spacial score (nSPS) is 20.7. The SMILES string of the molecule is CC(C)(C)OC(=O)C[C@H](N)C1CCCCCC1. The number of carbonyl (C=O) groups excluding carboxylic acids is 1. The van der Waals surface area contributed by atoms with Gasteiger partial charge in [-0.25, -0.2) is 0 Å². The highest BCUT2D eigenvalue weighted by atomic mass is 16.6. The monoisotopic (exact) mass is 241 g/mol. The quantitative estimate of drug-likeness (QED) is 0.610. The zero-order valence-corrected chi connectivity index (χ0v) is 11.5. The highest BCUT2D eigenvalue weighted by Gasteiger charge is 2.24. The molecule has 1 aliphatic carbocycles. The van der Waals surface area contributed by atoms with E-state index in [4.69, 9.17) is 10.5 Å². The van der Waals surface area contributed by atoms with Crippen molar-refractivity contribution < 1.29 is 9.53 Å². The first-order valence-corrected chi connectivity index (χ1v) is 6.86. The van der Waals surface area contributed by atoms with Crippen molar-refractivity contribution in [3.8, 4) is 0 Å². The van der Waals surface area contributed by atoms with Crippen LogP contribution in [0.25, 0.3) is 0 Å². The molecule has 0 saturated heterocycles. The Labute approximate surface area is 105 Å². The lowest BCUT2D eigenvalue weighted by atomic mass is 9.90. The Morgan fingerprint density at radius 2 is 1.76 bits per heavy atom. The van der Waals surface area contributed by atoms with Gasteiger partial charge in [-0.2, -0.15) is 0 Å². The molecule has 0 aliphatic heterocycles. The van der Waals surface area contributed by atoms with Crippen molar-refractivity contribution in [1.82, 2.24) is 0 Å². The maximum Gasteiger partial charge on any atom is 0.307 e. The van der Waals surface area contributed by atoms with E-state index in [1.165, 1.54) is 38.5 Å². The number of esters is 1. The molecule has 100 valence electrons. The van der Waals surface area contributed by atoms with Crippen LogP contribution in [0.15, 0.2) is 0 Å². The van der Waals surface area contributed by atoms with Gasteiger partial charge in [-0.05, 0) is 39.5 Å². The zero-order valence-electron chi connectivity index (χ0n) is 11.5. The highest BCUT2D eigenvalue weighted by Crippen LogP contribution is 2.26. The van der Waals surface area contributed by atoms with Crippen LogP contribution in [-0.2, 0) is 9.53 Å². The van der Waals surface area contributed by atoms with Gasteiger partial charge in [0.25, 0.3) is 0 Å². The first kappa shape index (κ1) is 14.5. The predicted octanol–water partition coefficient (Wildman–Crippen LogP) is 3.02. The second kappa shape index (κ2) is 6.39. The fourth-order valence-electron chi connectivity index (χ4n) is 2.48. The minimum atomic E-state index is -0.403. The topological polar surface area (TPSA) is 52.3 Å². The third-order valence-electron chi connectivity index (χ3n) is 3.33. The summed E-state index contributed by atoms with van der Waals surface area (Å²) >= 11 is 0. The Hall–Kier alpha value is -0.570. The van der Waals surface area contributed by atoms with Crippen molar-refractivity contribution in [1.29, 1.82) is 0 Å². The fourth-order valence-corrected chi connectivity index (χ4v) is 2.48. The van der Waals surface area contributed by atoms with Crippen LogP contribution >= 0.6 is 0 Å². The van der Waals surface area contributed by atoms with E-state index < -0.39 is 5.60 Å². The van der Waals surface area contributed by atoms with Gasteiger partial charge in [-0.15, -0.1) is 0 Å². The lowest BCUT2D eigenvalue weighted by Crippen LogP contribution is -2.35. The van der Waals surface area contributed by atoms with E-state index in [0.717, 1.165) is 0 Å². The molecule has 1 atom stereocenters. The Bertz CT molecular complexity index is 237. The van der Waals surface area contributed by atoms with E-state index in [0.29, 0.717) is 12.3 Å². The Morgan fingerprint density at radius 3 is 2.24 bits per heavy atom. The van der Waals surface area contributed by atoms with Gasteiger partial charge in [0.05, 0.1) is 6.42 Å². The average Bonchev–Trinajstić information content (AvgIpc) is 2.41. The van der Waals surface area contributed by atoms with Gasteiger partial charge in [0, 0.05) is 6.04 Å². The van der Waals surface area contributed by atoms with Gasteiger partial charge in [-0.1, -0.05) is 25.7 Å². The lowest BCUT2D eigenvalue weighted by Gasteiger charge is -2.24. The molecule has 3 nitrogen and oxygen atoms in total. The summed E-state index contributed by atoms with van der Waals surface area (Å²) in [7, 11) is 0. The van der Waals surface area contributed by atoms with Crippen molar-refractivity contribution >= 4 is 5.97 Å². The molecular weight excluding hydrogens is 214 g/mol. The first-order valence-electron chi connectivity index (χ1n) is 6.86. The second-order valence-corrected chi connectivity index (χ2v) is 6.21. The van der Waals surface area contributed by atoms with Gasteiger partial charge in [0.15, 0.2) is 0 Å². The molecule has 0 unspecified atom stereocenters. The van der Waals surface area contributed by atoms with E-state index in [-0.39, 0.29) is 12.0 Å². The summed E-state index contributed by atoms with van der Waals surface area (Å²) in [4.78, 5) is 11.7. The summed E-state index contributed by atoms with van der Waals surface area (Å²) in [6.07, 6.45) is 7.85. The van der Waals surface area contributed by atoms with Crippen molar-refractivity contribution in [3.63, 3.8) is 0 Å². The molecule has 1 aliphatic rings. The molecule has 3 heteroatoms. The van der Waals surface area contributed by atoms with Crippen LogP contribution in [0.2, 0.25) is 0 Å². The predicted molar refractivity (Wildman–Crippen MR) is 69.6 cm³/mol. The summed E-state index contributed by atoms with van der Waals surface area (Å²) in [6.45, 7) is 5.67. The van der Waals surface area contributed by atoms with Crippen LogP contribution in [-0.4, -0.2) is 17.6 Å². The van der Waals surface area contributed by atoms with Crippen LogP contribution in [0.5, 0.6) is 0 Å². The molecule has 0 amide bonds. The van der Waals surface area contributed by atoms with Gasteiger partial charge < -0.3 is 10.5 Å². The molecule has 1 rings (SSSR count). The Kier molecular flexibility index (Phi) is 5.44. The molecule has 0 aromatic carbocycles. The molecule has 17 heavy (non-hydrogen) atoms. The van der Waals surface area contributed by atoms with Gasteiger partial charge in [0.1, 0.15) is 5.60 Å². The van der Waals surface area contributed by atoms with Gasteiger partial charge in [0.2, 0.25) is 0 Å². The highest BCUT2D eigenvalue weighted by molar-refractivity contribution is 5.70. The Balaban J connectivity index is 2.36. The van der Waals surface area contributed by atoms with Gasteiger partial charge >= 0.3 is 5.97 Å². The molecular formula is C14H27NO2. The average molecular weight is 241 g/mol. The van der Waals surface area contributed by atoms with Crippen molar-refractivity contribution in [2.24, 2.45) is 11.7 Å². The van der Waals surface area contributed by atoms with E-state index in [9.17, 15) is 4.79 Å². The minimum absolute atomic E-state index is 0.0250. The number of hydrogen-bond donors (Lipinski definition) is 1. The maximum absolute atomic E-state index is 11.7. The molecule has 2 N–H and O–H groups in total. The van der Waals surface area contributed by atoms with Crippen LogP contribution in [0.3, 0.4) is 0 Å². The zero-order chi connectivity index (χ0) is 12.9. The summed E-state index contributed by atoms with van der Waals surface area (Å²) in [6, 6.07) is -0.0250. The molecule has 0 heterocycles. The third kappa shape index (κ3) is 6.06. The molecule has 0 bridgehead atoms. The molecule has 1 fully saturated rings. The first-order chi connectivity index (χ1) is 7.88. The number of rotatable bonds is 3. The number of ether oxygens (including phenoxy) is 1. The third-order valence-corrected chi connectivity index (χ3v) is 3.33. The molecule has 0 aromatic rings. The van der Waals surface area contributed by atoms with Crippen LogP contribution in [0.1, 0.15) is 65.7 Å². The maximum atomic E-state index is 11.7. The van der Waals surface area contributed by atoms with Gasteiger partial charge in [-0.3, -0.25) is 4.79 Å².